The number of aromatic nitrogens is 1. The minimum atomic E-state index is -0.346. The van der Waals surface area contributed by atoms with Gasteiger partial charge in [0.25, 0.3) is 0 Å². The van der Waals surface area contributed by atoms with E-state index in [0.717, 1.165) is 5.56 Å². The molecule has 0 aliphatic rings. The van der Waals surface area contributed by atoms with Crippen LogP contribution in [0, 0.1) is 12.7 Å². The lowest BCUT2D eigenvalue weighted by Gasteiger charge is -2.11. The van der Waals surface area contributed by atoms with Crippen LogP contribution in [0.3, 0.4) is 0 Å². The lowest BCUT2D eigenvalue weighted by Crippen LogP contribution is -2.00. The summed E-state index contributed by atoms with van der Waals surface area (Å²) >= 11 is 11.8. The van der Waals surface area contributed by atoms with E-state index in [0.29, 0.717) is 16.5 Å². The highest BCUT2D eigenvalue weighted by Crippen LogP contribution is 2.30. The van der Waals surface area contributed by atoms with Gasteiger partial charge in [-0.1, -0.05) is 29.3 Å². The second-order valence-corrected chi connectivity index (χ2v) is 4.58. The predicted molar refractivity (Wildman–Crippen MR) is 73.1 cm³/mol. The Balaban J connectivity index is 2.40. The van der Waals surface area contributed by atoms with Crippen LogP contribution in [-0.2, 0) is 0 Å². The first-order chi connectivity index (χ1) is 8.47. The maximum absolute atomic E-state index is 13.2. The molecule has 6 heteroatoms. The molecule has 0 saturated carbocycles. The molecule has 0 unspecified atom stereocenters. The van der Waals surface area contributed by atoms with E-state index in [1.165, 1.54) is 18.2 Å². The summed E-state index contributed by atoms with van der Waals surface area (Å²) in [5.41, 5.74) is 7.03. The summed E-state index contributed by atoms with van der Waals surface area (Å²) in [6.45, 7) is 1.84. The third kappa shape index (κ3) is 2.66. The fourth-order valence-corrected chi connectivity index (χ4v) is 1.83. The lowest BCUT2D eigenvalue weighted by molar-refractivity contribution is 0.628. The SMILES string of the molecule is Cc1ccc(F)cc1Nc1nc(N)c(Cl)cc1Cl. The third-order valence-corrected chi connectivity index (χ3v) is 3.00. The van der Waals surface area contributed by atoms with E-state index in [1.807, 2.05) is 6.92 Å². The van der Waals surface area contributed by atoms with E-state index in [1.54, 1.807) is 6.07 Å². The summed E-state index contributed by atoms with van der Waals surface area (Å²) in [6, 6.07) is 5.89. The molecule has 0 fully saturated rings. The number of anilines is 3. The van der Waals surface area contributed by atoms with Crippen LogP contribution in [0.2, 0.25) is 10.0 Å². The number of hydrogen-bond acceptors (Lipinski definition) is 3. The molecular weight excluding hydrogens is 276 g/mol. The summed E-state index contributed by atoms with van der Waals surface area (Å²) < 4.78 is 13.2. The van der Waals surface area contributed by atoms with Gasteiger partial charge in [-0.2, -0.15) is 0 Å². The number of hydrogen-bond donors (Lipinski definition) is 2. The van der Waals surface area contributed by atoms with Crippen molar-refractivity contribution in [2.45, 2.75) is 6.92 Å². The highest BCUT2D eigenvalue weighted by molar-refractivity contribution is 6.37. The van der Waals surface area contributed by atoms with E-state index < -0.39 is 0 Å². The molecule has 0 amide bonds. The molecule has 0 spiro atoms. The van der Waals surface area contributed by atoms with Gasteiger partial charge in [0.05, 0.1) is 10.0 Å². The standard InChI is InChI=1S/C12H10Cl2FN3/c1-6-2-3-7(15)4-10(6)17-12-9(14)5-8(13)11(16)18-12/h2-5H,1H3,(H3,16,17,18). The summed E-state index contributed by atoms with van der Waals surface area (Å²) in [5, 5.41) is 3.52. The third-order valence-electron chi connectivity index (χ3n) is 2.41. The molecule has 0 aliphatic carbocycles. The van der Waals surface area contributed by atoms with Crippen molar-refractivity contribution in [2.75, 3.05) is 11.1 Å². The molecule has 18 heavy (non-hydrogen) atoms. The number of nitrogens with zero attached hydrogens (tertiary/aromatic N) is 1. The molecule has 3 N–H and O–H groups in total. The lowest BCUT2D eigenvalue weighted by atomic mass is 10.2. The van der Waals surface area contributed by atoms with E-state index in [4.69, 9.17) is 28.9 Å². The minimum absolute atomic E-state index is 0.164. The van der Waals surface area contributed by atoms with Crippen molar-refractivity contribution < 1.29 is 4.39 Å². The Hall–Kier alpha value is -1.52. The molecule has 1 aromatic heterocycles. The van der Waals surface area contributed by atoms with E-state index in [-0.39, 0.29) is 16.7 Å². The molecule has 1 heterocycles. The Labute approximate surface area is 114 Å². The number of rotatable bonds is 2. The fourth-order valence-electron chi connectivity index (χ4n) is 1.42. The Kier molecular flexibility index (Phi) is 3.59. The predicted octanol–water partition coefficient (Wildman–Crippen LogP) is 4.16. The largest absolute Gasteiger partial charge is 0.382 e. The molecule has 0 aliphatic heterocycles. The summed E-state index contributed by atoms with van der Waals surface area (Å²) in [7, 11) is 0. The van der Waals surface area contributed by atoms with Gasteiger partial charge in [-0.3, -0.25) is 0 Å². The van der Waals surface area contributed by atoms with Gasteiger partial charge in [-0.25, -0.2) is 9.37 Å². The zero-order valence-corrected chi connectivity index (χ0v) is 11.0. The van der Waals surface area contributed by atoms with Gasteiger partial charge in [-0.05, 0) is 30.7 Å². The van der Waals surface area contributed by atoms with Gasteiger partial charge < -0.3 is 11.1 Å². The number of halogens is 3. The second-order valence-electron chi connectivity index (χ2n) is 3.77. The topological polar surface area (TPSA) is 50.9 Å². The average molecular weight is 286 g/mol. The zero-order valence-electron chi connectivity index (χ0n) is 9.47. The number of nitrogens with one attached hydrogen (secondary N) is 1. The van der Waals surface area contributed by atoms with Crippen LogP contribution >= 0.6 is 23.2 Å². The van der Waals surface area contributed by atoms with Crippen molar-refractivity contribution in [2.24, 2.45) is 0 Å². The van der Waals surface area contributed by atoms with E-state index in [2.05, 4.69) is 10.3 Å². The maximum atomic E-state index is 13.2. The first-order valence-corrected chi connectivity index (χ1v) is 5.87. The van der Waals surface area contributed by atoms with Crippen LogP contribution in [0.25, 0.3) is 0 Å². The van der Waals surface area contributed by atoms with E-state index in [9.17, 15) is 4.39 Å². The highest BCUT2D eigenvalue weighted by Gasteiger charge is 2.09. The molecule has 2 aromatic rings. The van der Waals surface area contributed by atoms with Crippen molar-refractivity contribution >= 4 is 40.5 Å². The highest BCUT2D eigenvalue weighted by atomic mass is 35.5. The zero-order chi connectivity index (χ0) is 13.3. The van der Waals surface area contributed by atoms with Crippen LogP contribution in [0.4, 0.5) is 21.7 Å². The molecule has 2 rings (SSSR count). The molecule has 1 aromatic carbocycles. The monoisotopic (exact) mass is 285 g/mol. The summed E-state index contributed by atoms with van der Waals surface area (Å²) in [6.07, 6.45) is 0. The molecular formula is C12H10Cl2FN3. The second kappa shape index (κ2) is 5.00. The molecule has 3 nitrogen and oxygen atoms in total. The average Bonchev–Trinajstić information content (AvgIpc) is 2.30. The first-order valence-electron chi connectivity index (χ1n) is 5.12. The van der Waals surface area contributed by atoms with Gasteiger partial charge in [-0.15, -0.1) is 0 Å². The van der Waals surface area contributed by atoms with Crippen molar-refractivity contribution in [3.63, 3.8) is 0 Å². The fraction of sp³-hybridized carbons (Fsp3) is 0.0833. The van der Waals surface area contributed by atoms with Crippen molar-refractivity contribution in [1.29, 1.82) is 0 Å². The summed E-state index contributed by atoms with van der Waals surface area (Å²) in [5.74, 6) is 0.158. The van der Waals surface area contributed by atoms with Crippen LogP contribution in [-0.4, -0.2) is 4.98 Å². The number of nitrogen functional groups attached to an aromatic ring is 1. The van der Waals surface area contributed by atoms with Crippen molar-refractivity contribution in [3.05, 3.63) is 45.7 Å². The minimum Gasteiger partial charge on any atom is -0.382 e. The Morgan fingerprint density at radius 2 is 1.94 bits per heavy atom. The van der Waals surface area contributed by atoms with Gasteiger partial charge in [0.2, 0.25) is 0 Å². The number of benzene rings is 1. The quantitative estimate of drug-likeness (QED) is 0.871. The normalized spacial score (nSPS) is 10.4. The van der Waals surface area contributed by atoms with Crippen LogP contribution in [0.5, 0.6) is 0 Å². The Bertz CT molecular complexity index is 602. The van der Waals surface area contributed by atoms with Crippen molar-refractivity contribution in [3.8, 4) is 0 Å². The van der Waals surface area contributed by atoms with Gasteiger partial charge >= 0.3 is 0 Å². The Morgan fingerprint density at radius 1 is 1.22 bits per heavy atom. The number of pyridine rings is 1. The van der Waals surface area contributed by atoms with Crippen molar-refractivity contribution in [1.82, 2.24) is 4.98 Å². The molecule has 94 valence electrons. The molecule has 0 radical (unpaired) electrons. The van der Waals surface area contributed by atoms with Crippen LogP contribution in [0.1, 0.15) is 5.56 Å². The molecule has 0 bridgehead atoms. The van der Waals surface area contributed by atoms with Crippen LogP contribution in [0.15, 0.2) is 24.3 Å². The first kappa shape index (κ1) is 12.9. The number of aryl methyl sites for hydroxylation is 1. The molecule has 0 atom stereocenters. The van der Waals surface area contributed by atoms with E-state index >= 15 is 0 Å². The maximum Gasteiger partial charge on any atom is 0.151 e. The summed E-state index contributed by atoms with van der Waals surface area (Å²) in [4.78, 5) is 4.02. The molecule has 0 saturated heterocycles. The number of nitrogens with two attached hydrogens (primary N) is 1. The van der Waals surface area contributed by atoms with Gasteiger partial charge in [0.15, 0.2) is 5.82 Å². The van der Waals surface area contributed by atoms with Gasteiger partial charge in [0, 0.05) is 5.69 Å². The van der Waals surface area contributed by atoms with Crippen LogP contribution < -0.4 is 11.1 Å². The smallest absolute Gasteiger partial charge is 0.151 e. The Morgan fingerprint density at radius 3 is 2.67 bits per heavy atom. The van der Waals surface area contributed by atoms with Gasteiger partial charge in [0.1, 0.15) is 11.6 Å².